The molecule has 21 heavy (non-hydrogen) atoms. The fourth-order valence-electron chi connectivity index (χ4n) is 2.54. The summed E-state index contributed by atoms with van der Waals surface area (Å²) in [5.41, 5.74) is 1.21. The molecule has 1 heterocycles. The molecule has 0 unspecified atom stereocenters. The van der Waals surface area contributed by atoms with Gasteiger partial charge in [-0.2, -0.15) is 0 Å². The molecule has 1 N–H and O–H groups in total. The second kappa shape index (κ2) is 7.92. The van der Waals surface area contributed by atoms with Gasteiger partial charge in [-0.15, -0.1) is 0 Å². The van der Waals surface area contributed by atoms with Crippen LogP contribution in [0.4, 0.5) is 0 Å². The smallest absolute Gasteiger partial charge is 0.230 e. The maximum absolute atomic E-state index is 12.4. The van der Waals surface area contributed by atoms with Gasteiger partial charge in [-0.05, 0) is 18.4 Å². The Balaban J connectivity index is 2.01. The zero-order valence-electron chi connectivity index (χ0n) is 12.2. The fourth-order valence-corrected chi connectivity index (χ4v) is 3.98. The third-order valence-electron chi connectivity index (χ3n) is 3.58. The molecular weight excluding hydrogens is 302 g/mol. The van der Waals surface area contributed by atoms with Crippen LogP contribution in [0.2, 0.25) is 0 Å². The van der Waals surface area contributed by atoms with Gasteiger partial charge in [-0.1, -0.05) is 67.7 Å². The Hall–Kier alpha value is -0.910. The van der Waals surface area contributed by atoms with Crippen LogP contribution in [0.5, 0.6) is 0 Å². The van der Waals surface area contributed by atoms with Crippen molar-refractivity contribution < 1.29 is 9.90 Å². The second-order valence-electron chi connectivity index (χ2n) is 5.33. The third-order valence-corrected chi connectivity index (χ3v) is 5.12. The predicted octanol–water partition coefficient (Wildman–Crippen LogP) is 3.01. The Kier molecular flexibility index (Phi) is 6.21. The van der Waals surface area contributed by atoms with Gasteiger partial charge >= 0.3 is 0 Å². The average molecular weight is 323 g/mol. The number of nitrogens with zero attached hydrogens (tertiary/aromatic N) is 1. The number of carbonyl (C=O) groups is 1. The van der Waals surface area contributed by atoms with E-state index in [9.17, 15) is 9.90 Å². The number of hydrogen-bond acceptors (Lipinski definition) is 4. The minimum Gasteiger partial charge on any atom is -0.393 e. The maximum Gasteiger partial charge on any atom is 0.230 e. The first-order valence-corrected chi connectivity index (χ1v) is 8.72. The molecule has 5 heteroatoms. The minimum atomic E-state index is -0.562. The molecule has 1 saturated heterocycles. The molecule has 0 aliphatic carbocycles. The summed E-state index contributed by atoms with van der Waals surface area (Å²) in [6.07, 6.45) is 1.95. The van der Waals surface area contributed by atoms with Gasteiger partial charge in [-0.25, -0.2) is 0 Å². The van der Waals surface area contributed by atoms with Crippen LogP contribution in [0.25, 0.3) is 0 Å². The molecule has 0 saturated carbocycles. The van der Waals surface area contributed by atoms with E-state index in [1.54, 1.807) is 16.7 Å². The second-order valence-corrected chi connectivity index (χ2v) is 6.98. The van der Waals surface area contributed by atoms with Crippen LogP contribution in [0.1, 0.15) is 31.7 Å². The monoisotopic (exact) mass is 323 g/mol. The van der Waals surface area contributed by atoms with Crippen LogP contribution < -0.4 is 0 Å². The van der Waals surface area contributed by atoms with E-state index in [4.69, 9.17) is 12.2 Å². The number of thioether (sulfide) groups is 1. The Morgan fingerprint density at radius 2 is 2.19 bits per heavy atom. The van der Waals surface area contributed by atoms with Crippen LogP contribution in [0.3, 0.4) is 0 Å². The van der Waals surface area contributed by atoms with Crippen LogP contribution in [0.15, 0.2) is 30.3 Å². The molecule has 1 aliphatic heterocycles. The Bertz CT molecular complexity index is 492. The van der Waals surface area contributed by atoms with Crippen molar-refractivity contribution >= 4 is 34.2 Å². The average Bonchev–Trinajstić information content (AvgIpc) is 2.81. The maximum atomic E-state index is 12.4. The van der Waals surface area contributed by atoms with Gasteiger partial charge in [0.05, 0.1) is 18.6 Å². The Labute approximate surface area is 135 Å². The summed E-state index contributed by atoms with van der Waals surface area (Å²) >= 11 is 6.87. The van der Waals surface area contributed by atoms with Gasteiger partial charge in [0.25, 0.3) is 0 Å². The first-order chi connectivity index (χ1) is 10.1. The number of thiocarbonyl (C=S) groups is 1. The van der Waals surface area contributed by atoms with E-state index in [2.05, 4.69) is 12.1 Å². The molecule has 1 amide bonds. The highest BCUT2D eigenvalue weighted by Crippen LogP contribution is 2.28. The van der Waals surface area contributed by atoms with Crippen molar-refractivity contribution in [1.29, 1.82) is 0 Å². The number of amides is 1. The largest absolute Gasteiger partial charge is 0.393 e. The van der Waals surface area contributed by atoms with E-state index >= 15 is 0 Å². The van der Waals surface area contributed by atoms with E-state index in [1.165, 1.54) is 5.56 Å². The van der Waals surface area contributed by atoms with E-state index in [-0.39, 0.29) is 18.4 Å². The summed E-state index contributed by atoms with van der Waals surface area (Å²) < 4.78 is 0.643. The molecule has 114 valence electrons. The first kappa shape index (κ1) is 16.5. The van der Waals surface area contributed by atoms with Crippen molar-refractivity contribution in [3.63, 3.8) is 0 Å². The van der Waals surface area contributed by atoms with E-state index in [1.807, 2.05) is 25.1 Å². The molecule has 2 atom stereocenters. The molecule has 0 aromatic heterocycles. The normalized spacial score (nSPS) is 19.8. The Morgan fingerprint density at radius 3 is 2.86 bits per heavy atom. The molecule has 1 fully saturated rings. The number of carbonyl (C=O) groups excluding carboxylic acids is 1. The van der Waals surface area contributed by atoms with E-state index in [0.717, 1.165) is 18.6 Å². The van der Waals surface area contributed by atoms with Gasteiger partial charge in [0.15, 0.2) is 0 Å². The Morgan fingerprint density at radius 1 is 1.48 bits per heavy atom. The highest BCUT2D eigenvalue weighted by molar-refractivity contribution is 8.23. The molecule has 1 aliphatic rings. The topological polar surface area (TPSA) is 40.5 Å². The quantitative estimate of drug-likeness (QED) is 0.817. The van der Waals surface area contributed by atoms with Crippen molar-refractivity contribution in [2.75, 3.05) is 5.75 Å². The lowest BCUT2D eigenvalue weighted by Gasteiger charge is -2.24. The van der Waals surface area contributed by atoms with Gasteiger partial charge in [0, 0.05) is 5.75 Å². The summed E-state index contributed by atoms with van der Waals surface area (Å²) in [4.78, 5) is 14.1. The number of benzene rings is 1. The summed E-state index contributed by atoms with van der Waals surface area (Å²) in [7, 11) is 0. The zero-order chi connectivity index (χ0) is 15.2. The summed E-state index contributed by atoms with van der Waals surface area (Å²) in [6, 6.07) is 10.2. The molecule has 1 aromatic rings. The van der Waals surface area contributed by atoms with Crippen molar-refractivity contribution in [1.82, 2.24) is 4.90 Å². The highest BCUT2D eigenvalue weighted by Gasteiger charge is 2.34. The van der Waals surface area contributed by atoms with Gasteiger partial charge in [0.2, 0.25) is 5.91 Å². The lowest BCUT2D eigenvalue weighted by atomic mass is 10.1. The molecule has 0 spiro atoms. The third kappa shape index (κ3) is 4.53. The molecular formula is C16H21NO2S2. The van der Waals surface area contributed by atoms with Gasteiger partial charge in [0.1, 0.15) is 4.32 Å². The van der Waals surface area contributed by atoms with Gasteiger partial charge in [-0.3, -0.25) is 9.69 Å². The van der Waals surface area contributed by atoms with Crippen molar-refractivity contribution in [3.8, 4) is 0 Å². The molecule has 1 aromatic carbocycles. The summed E-state index contributed by atoms with van der Waals surface area (Å²) in [5.74, 6) is 0.787. The lowest BCUT2D eigenvalue weighted by Crippen LogP contribution is -2.41. The van der Waals surface area contributed by atoms with Crippen molar-refractivity contribution in [2.45, 2.75) is 44.8 Å². The standard InChI is InChI=1S/C16H21NO2S2/c1-2-6-14(18)10-15(19)17-13(11-21-16(17)20)9-12-7-4-3-5-8-12/h3-5,7-8,13-14,18H,2,6,9-11H2,1H3/t13-,14+/m0/s1. The molecule has 3 nitrogen and oxygen atoms in total. The number of hydrogen-bond donors (Lipinski definition) is 1. The zero-order valence-corrected chi connectivity index (χ0v) is 13.8. The highest BCUT2D eigenvalue weighted by atomic mass is 32.2. The van der Waals surface area contributed by atoms with E-state index in [0.29, 0.717) is 10.7 Å². The van der Waals surface area contributed by atoms with Crippen LogP contribution in [-0.4, -0.2) is 38.1 Å². The first-order valence-electron chi connectivity index (χ1n) is 7.32. The number of aliphatic hydroxyl groups excluding tert-OH is 1. The summed E-state index contributed by atoms with van der Waals surface area (Å²) in [6.45, 7) is 2.00. The lowest BCUT2D eigenvalue weighted by molar-refractivity contribution is -0.130. The number of aliphatic hydroxyl groups is 1. The van der Waals surface area contributed by atoms with Gasteiger partial charge < -0.3 is 5.11 Å². The molecule has 0 bridgehead atoms. The molecule has 2 rings (SSSR count). The van der Waals surface area contributed by atoms with Crippen LogP contribution in [0, 0.1) is 0 Å². The minimum absolute atomic E-state index is 0.0492. The fraction of sp³-hybridized carbons (Fsp3) is 0.500. The summed E-state index contributed by atoms with van der Waals surface area (Å²) in [5, 5.41) is 9.84. The SMILES string of the molecule is CCC[C@@H](O)CC(=O)N1C(=S)SC[C@@H]1Cc1ccccc1. The van der Waals surface area contributed by atoms with Crippen molar-refractivity contribution in [2.24, 2.45) is 0 Å². The van der Waals surface area contributed by atoms with Crippen molar-refractivity contribution in [3.05, 3.63) is 35.9 Å². The van der Waals surface area contributed by atoms with E-state index < -0.39 is 6.10 Å². The van der Waals surface area contributed by atoms with Crippen LogP contribution >= 0.6 is 24.0 Å². The predicted molar refractivity (Wildman–Crippen MR) is 91.4 cm³/mol. The number of rotatable bonds is 6. The van der Waals surface area contributed by atoms with Crippen LogP contribution in [-0.2, 0) is 11.2 Å². The molecule has 0 radical (unpaired) electrons.